The molecular formula is C9H10Cl2N6. The van der Waals surface area contributed by atoms with Gasteiger partial charge in [0.15, 0.2) is 10.3 Å². The van der Waals surface area contributed by atoms with Crippen LogP contribution in [0.25, 0.3) is 0 Å². The summed E-state index contributed by atoms with van der Waals surface area (Å²) in [4.78, 5) is 0. The number of anilines is 1. The van der Waals surface area contributed by atoms with Crippen LogP contribution in [0.3, 0.4) is 0 Å². The van der Waals surface area contributed by atoms with Crippen molar-refractivity contribution >= 4 is 28.9 Å². The highest BCUT2D eigenvalue weighted by atomic mass is 35.5. The molecule has 0 spiro atoms. The van der Waals surface area contributed by atoms with Gasteiger partial charge in [0.1, 0.15) is 0 Å². The van der Waals surface area contributed by atoms with E-state index in [9.17, 15) is 0 Å². The zero-order chi connectivity index (χ0) is 12.1. The van der Waals surface area contributed by atoms with Gasteiger partial charge in [-0.2, -0.15) is 0 Å². The van der Waals surface area contributed by atoms with Gasteiger partial charge in [-0.05, 0) is 6.42 Å². The first-order valence-electron chi connectivity index (χ1n) is 5.02. The van der Waals surface area contributed by atoms with Crippen LogP contribution >= 0.6 is 23.2 Å². The zero-order valence-electron chi connectivity index (χ0n) is 8.85. The van der Waals surface area contributed by atoms with Gasteiger partial charge in [-0.15, -0.1) is 15.3 Å². The molecule has 17 heavy (non-hydrogen) atoms. The third-order valence-electron chi connectivity index (χ3n) is 2.07. The third kappa shape index (κ3) is 3.54. The van der Waals surface area contributed by atoms with E-state index in [0.717, 1.165) is 19.5 Å². The molecule has 1 N–H and O–H groups in total. The molecule has 0 radical (unpaired) electrons. The van der Waals surface area contributed by atoms with E-state index in [2.05, 4.69) is 25.8 Å². The van der Waals surface area contributed by atoms with Crippen LogP contribution in [0.1, 0.15) is 6.42 Å². The molecule has 0 atom stereocenters. The lowest BCUT2D eigenvalue weighted by Gasteiger charge is -2.07. The summed E-state index contributed by atoms with van der Waals surface area (Å²) < 4.78 is 1.76. The van der Waals surface area contributed by atoms with Crippen LogP contribution < -0.4 is 5.32 Å². The van der Waals surface area contributed by atoms with Crippen molar-refractivity contribution in [1.82, 2.24) is 25.2 Å². The van der Waals surface area contributed by atoms with E-state index in [4.69, 9.17) is 23.2 Å². The summed E-state index contributed by atoms with van der Waals surface area (Å²) in [6.07, 6.45) is 4.36. The normalized spacial score (nSPS) is 10.5. The summed E-state index contributed by atoms with van der Waals surface area (Å²) in [5, 5.41) is 18.7. The number of nitrogens with one attached hydrogen (secondary N) is 1. The third-order valence-corrected chi connectivity index (χ3v) is 2.53. The van der Waals surface area contributed by atoms with Gasteiger partial charge in [-0.1, -0.05) is 28.4 Å². The highest BCUT2D eigenvalue weighted by Gasteiger charge is 2.03. The van der Waals surface area contributed by atoms with Crippen LogP contribution in [0.4, 0.5) is 5.69 Å². The van der Waals surface area contributed by atoms with Crippen molar-refractivity contribution in [3.05, 3.63) is 28.8 Å². The molecule has 0 aliphatic heterocycles. The Labute approximate surface area is 108 Å². The van der Waals surface area contributed by atoms with Crippen molar-refractivity contribution in [3.63, 3.8) is 0 Å². The summed E-state index contributed by atoms with van der Waals surface area (Å²) in [7, 11) is 0. The Kier molecular flexibility index (Phi) is 4.11. The van der Waals surface area contributed by atoms with Crippen molar-refractivity contribution in [2.24, 2.45) is 0 Å². The first-order chi connectivity index (χ1) is 8.25. The first-order valence-corrected chi connectivity index (χ1v) is 5.78. The predicted molar refractivity (Wildman–Crippen MR) is 65.2 cm³/mol. The van der Waals surface area contributed by atoms with Gasteiger partial charge < -0.3 is 5.32 Å². The number of halogens is 2. The second kappa shape index (κ2) is 5.79. The summed E-state index contributed by atoms with van der Waals surface area (Å²) in [5.74, 6) is 0. The SMILES string of the molecule is Clc1cc(NCCCn2ccnn2)c(Cl)nn1. The Bertz CT molecular complexity index is 472. The van der Waals surface area contributed by atoms with Crippen LogP contribution in [0.5, 0.6) is 0 Å². The average molecular weight is 273 g/mol. The van der Waals surface area contributed by atoms with Crippen LogP contribution in [-0.4, -0.2) is 31.7 Å². The minimum absolute atomic E-state index is 0.313. The molecule has 0 saturated heterocycles. The van der Waals surface area contributed by atoms with Crippen LogP contribution in [-0.2, 0) is 6.54 Å². The molecule has 0 aliphatic rings. The molecule has 0 amide bonds. The van der Waals surface area contributed by atoms with E-state index in [1.165, 1.54) is 0 Å². The molecular weight excluding hydrogens is 263 g/mol. The molecule has 8 heteroatoms. The highest BCUT2D eigenvalue weighted by molar-refractivity contribution is 6.33. The van der Waals surface area contributed by atoms with Gasteiger partial charge in [-0.3, -0.25) is 4.68 Å². The Morgan fingerprint density at radius 3 is 2.94 bits per heavy atom. The quantitative estimate of drug-likeness (QED) is 0.842. The van der Waals surface area contributed by atoms with Crippen LogP contribution in [0.15, 0.2) is 18.5 Å². The van der Waals surface area contributed by atoms with Gasteiger partial charge >= 0.3 is 0 Å². The number of aromatic nitrogens is 5. The summed E-state index contributed by atoms with van der Waals surface area (Å²) >= 11 is 11.6. The Hall–Kier alpha value is -1.40. The second-order valence-electron chi connectivity index (χ2n) is 3.32. The lowest BCUT2D eigenvalue weighted by Crippen LogP contribution is -2.08. The van der Waals surface area contributed by atoms with Gasteiger partial charge in [0, 0.05) is 25.4 Å². The zero-order valence-corrected chi connectivity index (χ0v) is 10.4. The van der Waals surface area contributed by atoms with E-state index in [-0.39, 0.29) is 0 Å². The summed E-state index contributed by atoms with van der Waals surface area (Å²) in [6.45, 7) is 1.53. The minimum atomic E-state index is 0.313. The fourth-order valence-electron chi connectivity index (χ4n) is 1.29. The monoisotopic (exact) mass is 272 g/mol. The topological polar surface area (TPSA) is 68.5 Å². The smallest absolute Gasteiger partial charge is 0.174 e. The maximum Gasteiger partial charge on any atom is 0.174 e. The number of hydrogen-bond donors (Lipinski definition) is 1. The van der Waals surface area contributed by atoms with E-state index < -0.39 is 0 Å². The van der Waals surface area contributed by atoms with Gasteiger partial charge in [0.05, 0.1) is 11.9 Å². The molecule has 2 aromatic rings. The van der Waals surface area contributed by atoms with Crippen molar-refractivity contribution < 1.29 is 0 Å². The molecule has 2 aromatic heterocycles. The van der Waals surface area contributed by atoms with E-state index >= 15 is 0 Å². The minimum Gasteiger partial charge on any atom is -0.382 e. The molecule has 2 heterocycles. The summed E-state index contributed by atoms with van der Waals surface area (Å²) in [6, 6.07) is 1.65. The largest absolute Gasteiger partial charge is 0.382 e. The molecule has 0 fully saturated rings. The van der Waals surface area contributed by atoms with E-state index in [1.807, 2.05) is 6.20 Å². The maximum absolute atomic E-state index is 5.85. The number of hydrogen-bond acceptors (Lipinski definition) is 5. The standard InChI is InChI=1S/C9H10Cl2N6/c10-8-6-7(9(11)15-14-8)12-2-1-4-17-5-3-13-16-17/h3,5-6H,1-2,4H2,(H,12,14). The number of rotatable bonds is 5. The first kappa shape index (κ1) is 12.1. The average Bonchev–Trinajstić information content (AvgIpc) is 2.82. The lowest BCUT2D eigenvalue weighted by atomic mass is 10.4. The van der Waals surface area contributed by atoms with Crippen molar-refractivity contribution in [3.8, 4) is 0 Å². The summed E-state index contributed by atoms with van der Waals surface area (Å²) in [5.41, 5.74) is 0.685. The van der Waals surface area contributed by atoms with Crippen molar-refractivity contribution in [1.29, 1.82) is 0 Å². The van der Waals surface area contributed by atoms with Crippen LogP contribution in [0.2, 0.25) is 10.3 Å². The van der Waals surface area contributed by atoms with Gasteiger partial charge in [0.2, 0.25) is 0 Å². The lowest BCUT2D eigenvalue weighted by molar-refractivity contribution is 0.570. The molecule has 0 aliphatic carbocycles. The maximum atomic E-state index is 5.85. The van der Waals surface area contributed by atoms with E-state index in [1.54, 1.807) is 16.9 Å². The molecule has 0 unspecified atom stereocenters. The fourth-order valence-corrected chi connectivity index (χ4v) is 1.60. The highest BCUT2D eigenvalue weighted by Crippen LogP contribution is 2.20. The number of aryl methyl sites for hydroxylation is 1. The number of nitrogens with zero attached hydrogens (tertiary/aromatic N) is 5. The van der Waals surface area contributed by atoms with Crippen molar-refractivity contribution in [2.45, 2.75) is 13.0 Å². The van der Waals surface area contributed by atoms with Gasteiger partial charge in [-0.25, -0.2) is 0 Å². The van der Waals surface area contributed by atoms with Crippen molar-refractivity contribution in [2.75, 3.05) is 11.9 Å². The van der Waals surface area contributed by atoms with Gasteiger partial charge in [0.25, 0.3) is 0 Å². The van der Waals surface area contributed by atoms with Crippen LogP contribution in [0, 0.1) is 0 Å². The Morgan fingerprint density at radius 1 is 1.29 bits per heavy atom. The predicted octanol–water partition coefficient (Wildman–Crippen LogP) is 1.88. The molecule has 6 nitrogen and oxygen atoms in total. The molecule has 0 saturated carbocycles. The van der Waals surface area contributed by atoms with E-state index in [0.29, 0.717) is 16.0 Å². The molecule has 0 bridgehead atoms. The fraction of sp³-hybridized carbons (Fsp3) is 0.333. The molecule has 0 aromatic carbocycles. The Morgan fingerprint density at radius 2 is 2.18 bits per heavy atom. The second-order valence-corrected chi connectivity index (χ2v) is 4.06. The molecule has 2 rings (SSSR count). The Balaban J connectivity index is 1.80. The molecule has 90 valence electrons.